The quantitative estimate of drug-likeness (QED) is 0.502. The summed E-state index contributed by atoms with van der Waals surface area (Å²) in [7, 11) is 0. The number of hydrogen-bond donors (Lipinski definition) is 3. The van der Waals surface area contributed by atoms with E-state index >= 15 is 0 Å². The van der Waals surface area contributed by atoms with E-state index in [1.165, 1.54) is 12.1 Å². The maximum atomic E-state index is 11.5. The first-order valence-corrected chi connectivity index (χ1v) is 5.88. The van der Waals surface area contributed by atoms with Gasteiger partial charge in [0.15, 0.2) is 0 Å². The Morgan fingerprint density at radius 1 is 1.15 bits per heavy atom. The maximum Gasteiger partial charge on any atom is 0.330 e. The van der Waals surface area contributed by atoms with Gasteiger partial charge in [-0.25, -0.2) is 4.79 Å². The zero-order valence-corrected chi connectivity index (χ0v) is 10.6. The summed E-state index contributed by atoms with van der Waals surface area (Å²) in [4.78, 5) is 32.9. The van der Waals surface area contributed by atoms with E-state index in [1.54, 1.807) is 12.1 Å². The molecule has 0 saturated heterocycles. The Morgan fingerprint density at radius 2 is 1.75 bits per heavy atom. The molecule has 0 heterocycles. The molecule has 7 nitrogen and oxygen atoms in total. The van der Waals surface area contributed by atoms with Gasteiger partial charge in [0.1, 0.15) is 11.8 Å². The molecule has 0 fully saturated rings. The van der Waals surface area contributed by atoms with Crippen LogP contribution >= 0.6 is 0 Å². The summed E-state index contributed by atoms with van der Waals surface area (Å²) >= 11 is 0. The van der Waals surface area contributed by atoms with Crippen LogP contribution in [0, 0.1) is 0 Å². The summed E-state index contributed by atoms with van der Waals surface area (Å²) in [5.74, 6) is -2.89. The molecule has 20 heavy (non-hydrogen) atoms. The van der Waals surface area contributed by atoms with Gasteiger partial charge in [-0.1, -0.05) is 12.1 Å². The SMILES string of the molecule is N[C@@H](Cc1ccc(O)cc1)C(=O)OC(=O)CCC(=O)O. The van der Waals surface area contributed by atoms with Gasteiger partial charge in [-0.15, -0.1) is 0 Å². The van der Waals surface area contributed by atoms with Gasteiger partial charge >= 0.3 is 17.9 Å². The fourth-order valence-corrected chi connectivity index (χ4v) is 1.42. The molecule has 0 saturated carbocycles. The second-order valence-electron chi connectivity index (χ2n) is 4.16. The van der Waals surface area contributed by atoms with Crippen molar-refractivity contribution in [3.05, 3.63) is 29.8 Å². The largest absolute Gasteiger partial charge is 0.508 e. The van der Waals surface area contributed by atoms with Gasteiger partial charge in [0, 0.05) is 0 Å². The van der Waals surface area contributed by atoms with E-state index in [0.29, 0.717) is 5.56 Å². The van der Waals surface area contributed by atoms with Crippen molar-refractivity contribution in [1.82, 2.24) is 0 Å². The fourth-order valence-electron chi connectivity index (χ4n) is 1.42. The zero-order chi connectivity index (χ0) is 15.1. The van der Waals surface area contributed by atoms with E-state index < -0.39 is 30.4 Å². The Morgan fingerprint density at radius 3 is 2.30 bits per heavy atom. The van der Waals surface area contributed by atoms with Crippen molar-refractivity contribution in [2.24, 2.45) is 5.73 Å². The van der Waals surface area contributed by atoms with Crippen molar-refractivity contribution in [2.75, 3.05) is 0 Å². The predicted octanol–water partition coefficient (Wildman–Crippen LogP) is 0.197. The number of carbonyl (C=O) groups excluding carboxylic acids is 2. The average Bonchev–Trinajstić information content (AvgIpc) is 2.39. The summed E-state index contributed by atoms with van der Waals surface area (Å²) in [5.41, 5.74) is 6.29. The monoisotopic (exact) mass is 281 g/mol. The number of aliphatic carboxylic acids is 1. The van der Waals surface area contributed by atoms with Gasteiger partial charge in [0.05, 0.1) is 12.8 Å². The van der Waals surface area contributed by atoms with E-state index in [0.717, 1.165) is 0 Å². The van der Waals surface area contributed by atoms with Crippen molar-refractivity contribution in [2.45, 2.75) is 25.3 Å². The van der Waals surface area contributed by atoms with E-state index in [9.17, 15) is 14.4 Å². The Bertz CT molecular complexity index is 496. The van der Waals surface area contributed by atoms with Crippen LogP contribution in [0.2, 0.25) is 0 Å². The Labute approximate surface area is 115 Å². The molecule has 1 aromatic rings. The number of ether oxygens (including phenoxy) is 1. The lowest BCUT2D eigenvalue weighted by molar-refractivity contribution is -0.161. The normalized spacial score (nSPS) is 11.7. The number of phenolic OH excluding ortho intramolecular Hbond substituents is 1. The number of nitrogens with two attached hydrogens (primary N) is 1. The van der Waals surface area contributed by atoms with Crippen LogP contribution in [0.5, 0.6) is 5.75 Å². The first-order valence-electron chi connectivity index (χ1n) is 5.88. The third kappa shape index (κ3) is 5.49. The molecular formula is C13H15NO6. The van der Waals surface area contributed by atoms with E-state index in [2.05, 4.69) is 4.74 Å². The standard InChI is InChI=1S/C13H15NO6/c14-10(7-8-1-3-9(15)4-2-8)13(19)20-12(18)6-5-11(16)17/h1-4,10,15H,5-7,14H2,(H,16,17)/t10-/m0/s1. The minimum absolute atomic E-state index is 0.0914. The highest BCUT2D eigenvalue weighted by molar-refractivity contribution is 5.89. The third-order valence-corrected chi connectivity index (χ3v) is 2.45. The topological polar surface area (TPSA) is 127 Å². The molecule has 0 aromatic heterocycles. The minimum atomic E-state index is -1.15. The molecule has 0 aliphatic carbocycles. The molecule has 0 radical (unpaired) electrons. The van der Waals surface area contributed by atoms with Gasteiger partial charge in [0.25, 0.3) is 0 Å². The van der Waals surface area contributed by atoms with Gasteiger partial charge < -0.3 is 20.7 Å². The summed E-state index contributed by atoms with van der Waals surface area (Å²) in [5, 5.41) is 17.5. The fraction of sp³-hybridized carbons (Fsp3) is 0.308. The smallest absolute Gasteiger partial charge is 0.330 e. The highest BCUT2D eigenvalue weighted by atomic mass is 16.6. The molecule has 0 amide bonds. The molecule has 0 spiro atoms. The molecular weight excluding hydrogens is 266 g/mol. The third-order valence-electron chi connectivity index (χ3n) is 2.45. The van der Waals surface area contributed by atoms with Crippen LogP contribution in [-0.4, -0.2) is 34.2 Å². The lowest BCUT2D eigenvalue weighted by Gasteiger charge is -2.10. The van der Waals surface area contributed by atoms with Crippen LogP contribution in [0.25, 0.3) is 0 Å². The maximum absolute atomic E-state index is 11.5. The van der Waals surface area contributed by atoms with Gasteiger partial charge in [-0.3, -0.25) is 9.59 Å². The van der Waals surface area contributed by atoms with Crippen molar-refractivity contribution >= 4 is 17.9 Å². The number of carboxylic acids is 1. The molecule has 1 rings (SSSR count). The van der Waals surface area contributed by atoms with Crippen LogP contribution < -0.4 is 5.73 Å². The number of carbonyl (C=O) groups is 3. The molecule has 1 atom stereocenters. The Kier molecular flexibility index (Phi) is 5.67. The lowest BCUT2D eigenvalue weighted by Crippen LogP contribution is -2.35. The number of rotatable bonds is 6. The molecule has 108 valence electrons. The van der Waals surface area contributed by atoms with Gasteiger partial charge in [0.2, 0.25) is 0 Å². The van der Waals surface area contributed by atoms with E-state index in [1.807, 2.05) is 0 Å². The number of aromatic hydroxyl groups is 1. The van der Waals surface area contributed by atoms with Crippen LogP contribution in [0.1, 0.15) is 18.4 Å². The van der Waals surface area contributed by atoms with E-state index in [4.69, 9.17) is 15.9 Å². The molecule has 0 aliphatic rings. The van der Waals surface area contributed by atoms with Crippen LogP contribution in [0.15, 0.2) is 24.3 Å². The molecule has 0 unspecified atom stereocenters. The molecule has 0 aliphatic heterocycles. The van der Waals surface area contributed by atoms with Crippen LogP contribution in [0.4, 0.5) is 0 Å². The predicted molar refractivity (Wildman–Crippen MR) is 67.8 cm³/mol. The number of carboxylic acid groups (broad SMARTS) is 1. The van der Waals surface area contributed by atoms with Crippen molar-refractivity contribution in [3.63, 3.8) is 0 Å². The molecule has 1 aromatic carbocycles. The van der Waals surface area contributed by atoms with Crippen LogP contribution in [0.3, 0.4) is 0 Å². The molecule has 4 N–H and O–H groups in total. The van der Waals surface area contributed by atoms with Crippen molar-refractivity contribution in [3.8, 4) is 5.75 Å². The second-order valence-corrected chi connectivity index (χ2v) is 4.16. The van der Waals surface area contributed by atoms with E-state index in [-0.39, 0.29) is 18.6 Å². The summed E-state index contributed by atoms with van der Waals surface area (Å²) in [6, 6.07) is 5.05. The van der Waals surface area contributed by atoms with Gasteiger partial charge in [-0.05, 0) is 24.1 Å². The zero-order valence-electron chi connectivity index (χ0n) is 10.6. The molecule has 0 bridgehead atoms. The highest BCUT2D eigenvalue weighted by Gasteiger charge is 2.19. The summed E-state index contributed by atoms with van der Waals surface area (Å²) in [6.07, 6.45) is -0.641. The molecule has 7 heteroatoms. The lowest BCUT2D eigenvalue weighted by atomic mass is 10.1. The number of hydrogen-bond acceptors (Lipinski definition) is 6. The van der Waals surface area contributed by atoms with Crippen molar-refractivity contribution < 1.29 is 29.3 Å². The number of esters is 2. The number of benzene rings is 1. The average molecular weight is 281 g/mol. The second kappa shape index (κ2) is 7.25. The minimum Gasteiger partial charge on any atom is -0.508 e. The summed E-state index contributed by atoms with van der Waals surface area (Å²) in [6.45, 7) is 0. The Balaban J connectivity index is 2.44. The first-order chi connectivity index (χ1) is 9.38. The van der Waals surface area contributed by atoms with Crippen molar-refractivity contribution in [1.29, 1.82) is 0 Å². The first kappa shape index (κ1) is 15.6. The Hall–Kier alpha value is -2.41. The van der Waals surface area contributed by atoms with Crippen LogP contribution in [-0.2, 0) is 25.5 Å². The van der Waals surface area contributed by atoms with Gasteiger partial charge in [-0.2, -0.15) is 0 Å². The summed E-state index contributed by atoms with van der Waals surface area (Å²) < 4.78 is 4.44. The highest BCUT2D eigenvalue weighted by Crippen LogP contribution is 2.11. The number of phenols is 1.